The van der Waals surface area contributed by atoms with Gasteiger partial charge in [0.05, 0.1) is 18.8 Å². The number of amides is 4. The fraction of sp³-hybridized carbons (Fsp3) is 0.417. The van der Waals surface area contributed by atoms with Crippen molar-refractivity contribution >= 4 is 41.4 Å². The third-order valence-electron chi connectivity index (χ3n) is 5.51. The fourth-order valence-electron chi connectivity index (χ4n) is 3.51. The van der Waals surface area contributed by atoms with E-state index in [0.717, 1.165) is 0 Å². The lowest BCUT2D eigenvalue weighted by atomic mass is 10.0. The monoisotopic (exact) mass is 547 g/mol. The Balaban J connectivity index is 2.10. The van der Waals surface area contributed by atoms with Crippen LogP contribution in [-0.4, -0.2) is 80.8 Å². The molecule has 4 amide bonds. The molecule has 4 unspecified atom stereocenters. The zero-order chi connectivity index (χ0) is 28.1. The molecule has 0 aliphatic carbocycles. The van der Waals surface area contributed by atoms with E-state index >= 15 is 0 Å². The minimum Gasteiger partial charge on any atom is -0.480 e. The van der Waals surface area contributed by atoms with E-state index < -0.39 is 60.2 Å². The number of carbonyl (C=O) groups is 5. The second kappa shape index (κ2) is 15.4. The van der Waals surface area contributed by atoms with Crippen LogP contribution in [0.3, 0.4) is 0 Å². The molecule has 0 saturated heterocycles. The number of imidazole rings is 1. The van der Waals surface area contributed by atoms with Crippen LogP contribution >= 0.6 is 11.8 Å². The molecule has 0 saturated carbocycles. The number of rotatable bonds is 16. The number of hydrogen-bond acceptors (Lipinski definition) is 8. The summed E-state index contributed by atoms with van der Waals surface area (Å²) in [4.78, 5) is 68.8. The van der Waals surface area contributed by atoms with Gasteiger partial charge in [-0.25, -0.2) is 9.78 Å². The first-order valence-electron chi connectivity index (χ1n) is 11.8. The predicted octanol–water partition coefficient (Wildman–Crippen LogP) is -1.31. The van der Waals surface area contributed by atoms with Crippen LogP contribution in [0.5, 0.6) is 0 Å². The zero-order valence-corrected chi connectivity index (χ0v) is 21.7. The van der Waals surface area contributed by atoms with Crippen LogP contribution in [0.2, 0.25) is 0 Å². The number of H-pyrrole nitrogens is 1. The molecule has 1 aromatic carbocycles. The highest BCUT2D eigenvalue weighted by atomic mass is 32.2. The van der Waals surface area contributed by atoms with E-state index in [4.69, 9.17) is 11.5 Å². The van der Waals surface area contributed by atoms with Gasteiger partial charge in [0.1, 0.15) is 18.1 Å². The number of thioether (sulfide) groups is 1. The Kier molecular flexibility index (Phi) is 12.3. The number of hydrogen-bond donors (Lipinski definition) is 7. The summed E-state index contributed by atoms with van der Waals surface area (Å²) >= 11 is 1.44. The van der Waals surface area contributed by atoms with Crippen molar-refractivity contribution in [1.82, 2.24) is 25.9 Å². The second-order valence-corrected chi connectivity index (χ2v) is 9.54. The Hall–Kier alpha value is -3.91. The van der Waals surface area contributed by atoms with Crippen molar-refractivity contribution in [2.45, 2.75) is 49.9 Å². The maximum absolute atomic E-state index is 13.1. The topological polar surface area (TPSA) is 222 Å². The summed E-state index contributed by atoms with van der Waals surface area (Å²) < 4.78 is 0. The van der Waals surface area contributed by atoms with E-state index in [9.17, 15) is 29.1 Å². The standard InChI is InChI=1S/C24H33N7O6S/c1-38-8-7-17(29-21(33)16(25)10-15-12-27-13-28-15)22(34)30-18(11-20(26)32)23(35)31-19(24(36)37)9-14-5-3-2-4-6-14/h2-6,12-13,16-19H,7-11,25H2,1H3,(H2,26,32)(H,27,28)(H,29,33)(H,30,34)(H,31,35)(H,36,37). The summed E-state index contributed by atoms with van der Waals surface area (Å²) in [5.74, 6) is -3.90. The molecule has 206 valence electrons. The summed E-state index contributed by atoms with van der Waals surface area (Å²) in [5.41, 5.74) is 12.6. The van der Waals surface area contributed by atoms with Crippen LogP contribution in [0, 0.1) is 0 Å². The van der Waals surface area contributed by atoms with E-state index in [2.05, 4.69) is 25.9 Å². The number of primary amides is 1. The minimum absolute atomic E-state index is 0.0141. The fourth-order valence-corrected chi connectivity index (χ4v) is 3.99. The first-order chi connectivity index (χ1) is 18.1. The highest BCUT2D eigenvalue weighted by molar-refractivity contribution is 7.98. The number of aliphatic carboxylic acids is 1. The van der Waals surface area contributed by atoms with Gasteiger partial charge in [0.25, 0.3) is 0 Å². The van der Waals surface area contributed by atoms with Crippen molar-refractivity contribution in [2.75, 3.05) is 12.0 Å². The summed E-state index contributed by atoms with van der Waals surface area (Å²) in [6, 6.07) is 3.85. The number of carbonyl (C=O) groups excluding carboxylic acids is 4. The number of nitrogens with two attached hydrogens (primary N) is 2. The van der Waals surface area contributed by atoms with Crippen molar-refractivity contribution in [3.63, 3.8) is 0 Å². The largest absolute Gasteiger partial charge is 0.480 e. The average molecular weight is 548 g/mol. The van der Waals surface area contributed by atoms with Gasteiger partial charge in [0.15, 0.2) is 0 Å². The molecule has 0 fully saturated rings. The number of aromatic nitrogens is 2. The highest BCUT2D eigenvalue weighted by Crippen LogP contribution is 2.07. The Morgan fingerprint density at radius 2 is 1.61 bits per heavy atom. The normalized spacial score (nSPS) is 13.9. The maximum Gasteiger partial charge on any atom is 0.326 e. The van der Waals surface area contributed by atoms with Gasteiger partial charge in [-0.05, 0) is 24.0 Å². The number of aromatic amines is 1. The van der Waals surface area contributed by atoms with Crippen molar-refractivity contribution < 1.29 is 29.1 Å². The van der Waals surface area contributed by atoms with E-state index in [1.165, 1.54) is 24.3 Å². The van der Waals surface area contributed by atoms with Gasteiger partial charge in [0, 0.05) is 24.7 Å². The Bertz CT molecular complexity index is 1080. The molecule has 14 heteroatoms. The van der Waals surface area contributed by atoms with Gasteiger partial charge in [0.2, 0.25) is 23.6 Å². The molecule has 13 nitrogen and oxygen atoms in total. The van der Waals surface area contributed by atoms with E-state index in [0.29, 0.717) is 17.0 Å². The van der Waals surface area contributed by atoms with Crippen molar-refractivity contribution in [2.24, 2.45) is 11.5 Å². The molecule has 9 N–H and O–H groups in total. The molecule has 2 aromatic rings. The van der Waals surface area contributed by atoms with E-state index in [-0.39, 0.29) is 19.3 Å². The van der Waals surface area contributed by atoms with Crippen LogP contribution in [0.15, 0.2) is 42.9 Å². The smallest absolute Gasteiger partial charge is 0.326 e. The lowest BCUT2D eigenvalue weighted by Crippen LogP contribution is -2.58. The van der Waals surface area contributed by atoms with Crippen molar-refractivity contribution in [3.05, 3.63) is 54.1 Å². The van der Waals surface area contributed by atoms with Gasteiger partial charge >= 0.3 is 5.97 Å². The quantitative estimate of drug-likeness (QED) is 0.132. The summed E-state index contributed by atoms with van der Waals surface area (Å²) in [6.07, 6.45) is 4.59. The molecule has 0 spiro atoms. The minimum atomic E-state index is -1.45. The average Bonchev–Trinajstić information content (AvgIpc) is 3.38. The number of carboxylic acids is 1. The van der Waals surface area contributed by atoms with E-state index in [1.54, 1.807) is 30.3 Å². The van der Waals surface area contributed by atoms with Gasteiger partial charge in [-0.1, -0.05) is 30.3 Å². The molecule has 1 aromatic heterocycles. The molecule has 0 radical (unpaired) electrons. The van der Waals surface area contributed by atoms with Gasteiger partial charge < -0.3 is 37.5 Å². The Morgan fingerprint density at radius 1 is 0.974 bits per heavy atom. The molecule has 4 atom stereocenters. The van der Waals surface area contributed by atoms with Crippen LogP contribution < -0.4 is 27.4 Å². The lowest BCUT2D eigenvalue weighted by Gasteiger charge is -2.24. The van der Waals surface area contributed by atoms with E-state index in [1.807, 2.05) is 6.26 Å². The summed E-state index contributed by atoms with van der Waals surface area (Å²) in [5, 5.41) is 17.0. The first kappa shape index (κ1) is 30.3. The predicted molar refractivity (Wildman–Crippen MR) is 141 cm³/mol. The first-order valence-corrected chi connectivity index (χ1v) is 13.2. The molecular formula is C24H33N7O6S. The molecule has 0 aliphatic rings. The van der Waals surface area contributed by atoms with Crippen LogP contribution in [0.1, 0.15) is 24.1 Å². The van der Waals surface area contributed by atoms with Gasteiger partial charge in [-0.3, -0.25) is 19.2 Å². The lowest BCUT2D eigenvalue weighted by molar-refractivity contribution is -0.142. The molecule has 0 bridgehead atoms. The number of nitrogens with zero attached hydrogens (tertiary/aromatic N) is 1. The van der Waals surface area contributed by atoms with Gasteiger partial charge in [-0.2, -0.15) is 11.8 Å². The third kappa shape index (κ3) is 10.2. The molecule has 2 rings (SSSR count). The molecular weight excluding hydrogens is 514 g/mol. The third-order valence-corrected chi connectivity index (χ3v) is 6.15. The summed E-state index contributed by atoms with van der Waals surface area (Å²) in [7, 11) is 0. The SMILES string of the molecule is CSCCC(NC(=O)C(N)Cc1cnc[nH]1)C(=O)NC(CC(N)=O)C(=O)NC(Cc1ccccc1)C(=O)O. The summed E-state index contributed by atoms with van der Waals surface area (Å²) in [6.45, 7) is 0. The van der Waals surface area contributed by atoms with Crippen LogP contribution in [0.4, 0.5) is 0 Å². The maximum atomic E-state index is 13.1. The number of carboxylic acid groups (broad SMARTS) is 1. The second-order valence-electron chi connectivity index (χ2n) is 8.55. The van der Waals surface area contributed by atoms with Crippen LogP contribution in [-0.2, 0) is 36.8 Å². The van der Waals surface area contributed by atoms with Gasteiger partial charge in [-0.15, -0.1) is 0 Å². The highest BCUT2D eigenvalue weighted by Gasteiger charge is 2.31. The number of nitrogens with one attached hydrogen (secondary N) is 4. The molecule has 1 heterocycles. The van der Waals surface area contributed by atoms with Crippen molar-refractivity contribution in [1.29, 1.82) is 0 Å². The molecule has 0 aliphatic heterocycles. The Labute approximate surface area is 223 Å². The zero-order valence-electron chi connectivity index (χ0n) is 20.9. The van der Waals surface area contributed by atoms with Crippen molar-refractivity contribution in [3.8, 4) is 0 Å². The Morgan fingerprint density at radius 3 is 2.18 bits per heavy atom. The van der Waals surface area contributed by atoms with Crippen LogP contribution in [0.25, 0.3) is 0 Å². The molecule has 38 heavy (non-hydrogen) atoms. The number of benzene rings is 1.